The minimum Gasteiger partial charge on any atom is -0.454 e. The summed E-state index contributed by atoms with van der Waals surface area (Å²) in [5, 5.41) is 9.25. The number of carbonyl (C=O) groups is 1. The minimum atomic E-state index is -0.522. The van der Waals surface area contributed by atoms with Crippen LogP contribution in [0.1, 0.15) is 11.5 Å². The Labute approximate surface area is 109 Å². The summed E-state index contributed by atoms with van der Waals surface area (Å²) in [6.07, 6.45) is 2.47. The van der Waals surface area contributed by atoms with E-state index in [0.29, 0.717) is 5.75 Å². The summed E-state index contributed by atoms with van der Waals surface area (Å²) in [4.78, 5) is 11.2. The molecule has 0 aromatic heterocycles. The van der Waals surface area contributed by atoms with Gasteiger partial charge in [-0.2, -0.15) is 5.26 Å². The molecule has 5 heteroatoms. The molecule has 5 nitrogen and oxygen atoms in total. The van der Waals surface area contributed by atoms with Gasteiger partial charge in [-0.3, -0.25) is 0 Å². The van der Waals surface area contributed by atoms with Crippen LogP contribution in [0.2, 0.25) is 0 Å². The number of nitrogens with two attached hydrogens (primary N) is 1. The van der Waals surface area contributed by atoms with Crippen molar-refractivity contribution in [2.75, 3.05) is 0 Å². The number of nitrogens with zero attached hydrogens (tertiary/aromatic N) is 1. The third-order valence-electron chi connectivity index (χ3n) is 3.17. The molecule has 1 aromatic carbocycles. The van der Waals surface area contributed by atoms with E-state index in [9.17, 15) is 10.1 Å². The van der Waals surface area contributed by atoms with Gasteiger partial charge in [0.25, 0.3) is 0 Å². The van der Waals surface area contributed by atoms with Gasteiger partial charge in [0.1, 0.15) is 23.5 Å². The van der Waals surface area contributed by atoms with Gasteiger partial charge in [0.2, 0.25) is 5.88 Å². The smallest absolute Gasteiger partial charge is 0.331 e. The van der Waals surface area contributed by atoms with Crippen molar-refractivity contribution < 1.29 is 14.3 Å². The quantitative estimate of drug-likeness (QED) is 0.764. The summed E-state index contributed by atoms with van der Waals surface area (Å²) in [7, 11) is 0. The largest absolute Gasteiger partial charge is 0.454 e. The topological polar surface area (TPSA) is 85.3 Å². The fourth-order valence-electron chi connectivity index (χ4n) is 2.34. The second kappa shape index (κ2) is 4.18. The highest BCUT2D eigenvalue weighted by atomic mass is 16.5. The van der Waals surface area contributed by atoms with Crippen molar-refractivity contribution in [2.24, 2.45) is 5.73 Å². The molecule has 3 rings (SSSR count). The number of cyclic esters (lactones) is 1. The molecular formula is C14H10N2O3. The van der Waals surface area contributed by atoms with E-state index in [1.807, 2.05) is 24.3 Å². The predicted octanol–water partition coefficient (Wildman–Crippen LogP) is 1.34. The van der Waals surface area contributed by atoms with Crippen molar-refractivity contribution >= 4 is 5.97 Å². The van der Waals surface area contributed by atoms with Gasteiger partial charge in [0.05, 0.1) is 5.92 Å². The fraction of sp³-hybridized carbons (Fsp3) is 0.143. The first kappa shape index (κ1) is 11.4. The molecule has 0 aliphatic carbocycles. The van der Waals surface area contributed by atoms with Gasteiger partial charge in [-0.05, 0) is 12.1 Å². The maximum atomic E-state index is 11.2. The molecule has 19 heavy (non-hydrogen) atoms. The van der Waals surface area contributed by atoms with Crippen LogP contribution in [0.5, 0.6) is 5.75 Å². The van der Waals surface area contributed by atoms with Gasteiger partial charge in [0, 0.05) is 11.6 Å². The van der Waals surface area contributed by atoms with Gasteiger partial charge >= 0.3 is 5.97 Å². The molecule has 0 saturated carbocycles. The molecule has 0 radical (unpaired) electrons. The van der Waals surface area contributed by atoms with Crippen molar-refractivity contribution in [1.82, 2.24) is 0 Å². The number of benzene rings is 1. The Bertz CT molecular complexity index is 655. The molecule has 94 valence electrons. The van der Waals surface area contributed by atoms with Crippen LogP contribution in [-0.4, -0.2) is 12.1 Å². The summed E-state index contributed by atoms with van der Waals surface area (Å²) in [5.41, 5.74) is 6.84. The van der Waals surface area contributed by atoms with Crippen LogP contribution in [-0.2, 0) is 9.53 Å². The standard InChI is InChI=1S/C14H10N2O3/c15-7-9-13(11-5-6-12(17)18-11)8-3-1-2-4-10(8)19-14(9)16/h1-6,11,13H,16H2/t11-,13+/m1/s1. The number of esters is 1. The van der Waals surface area contributed by atoms with E-state index in [1.165, 1.54) is 6.08 Å². The first-order valence-electron chi connectivity index (χ1n) is 5.76. The Balaban J connectivity index is 2.11. The van der Waals surface area contributed by atoms with Crippen molar-refractivity contribution in [3.8, 4) is 11.8 Å². The van der Waals surface area contributed by atoms with Crippen molar-refractivity contribution in [3.63, 3.8) is 0 Å². The van der Waals surface area contributed by atoms with E-state index in [0.717, 1.165) is 5.56 Å². The number of nitriles is 1. The number of rotatable bonds is 1. The Hall–Kier alpha value is -2.74. The highest BCUT2D eigenvalue weighted by Gasteiger charge is 2.37. The first-order chi connectivity index (χ1) is 9.20. The van der Waals surface area contributed by atoms with Crippen LogP contribution in [0, 0.1) is 11.3 Å². The van der Waals surface area contributed by atoms with E-state index < -0.39 is 18.0 Å². The minimum absolute atomic E-state index is 0.0579. The number of hydrogen-bond donors (Lipinski definition) is 1. The fourth-order valence-corrected chi connectivity index (χ4v) is 2.34. The second-order valence-corrected chi connectivity index (χ2v) is 4.27. The maximum Gasteiger partial charge on any atom is 0.331 e. The zero-order chi connectivity index (χ0) is 13.4. The first-order valence-corrected chi connectivity index (χ1v) is 5.76. The van der Waals surface area contributed by atoms with E-state index in [4.69, 9.17) is 15.2 Å². The molecule has 2 heterocycles. The molecule has 0 fully saturated rings. The Kier molecular flexibility index (Phi) is 2.50. The van der Waals surface area contributed by atoms with Crippen LogP contribution in [0.15, 0.2) is 47.9 Å². The van der Waals surface area contributed by atoms with E-state index >= 15 is 0 Å². The van der Waals surface area contributed by atoms with Crippen LogP contribution in [0.25, 0.3) is 0 Å². The molecule has 2 aliphatic heterocycles. The molecule has 0 amide bonds. The predicted molar refractivity (Wildman–Crippen MR) is 65.7 cm³/mol. The third kappa shape index (κ3) is 1.74. The molecule has 0 unspecified atom stereocenters. The summed E-state index contributed by atoms with van der Waals surface area (Å²) < 4.78 is 10.6. The number of hydrogen-bond acceptors (Lipinski definition) is 5. The number of fused-ring (bicyclic) bond motifs is 1. The van der Waals surface area contributed by atoms with Crippen LogP contribution in [0.4, 0.5) is 0 Å². The van der Waals surface area contributed by atoms with Crippen molar-refractivity contribution in [3.05, 3.63) is 53.4 Å². The summed E-state index contributed by atoms with van der Waals surface area (Å²) in [6, 6.07) is 9.30. The third-order valence-corrected chi connectivity index (χ3v) is 3.17. The lowest BCUT2D eigenvalue weighted by atomic mass is 9.85. The van der Waals surface area contributed by atoms with Gasteiger partial charge in [0.15, 0.2) is 0 Å². The number of ether oxygens (including phenoxy) is 2. The van der Waals surface area contributed by atoms with Crippen LogP contribution < -0.4 is 10.5 Å². The maximum absolute atomic E-state index is 11.2. The van der Waals surface area contributed by atoms with Crippen LogP contribution >= 0.6 is 0 Å². The average Bonchev–Trinajstić information content (AvgIpc) is 2.83. The summed E-state index contributed by atoms with van der Waals surface area (Å²) >= 11 is 0. The van der Waals surface area contributed by atoms with E-state index in [1.54, 1.807) is 12.1 Å². The van der Waals surface area contributed by atoms with Crippen molar-refractivity contribution in [2.45, 2.75) is 12.0 Å². The van der Waals surface area contributed by atoms with Gasteiger partial charge in [-0.15, -0.1) is 0 Å². The lowest BCUT2D eigenvalue weighted by Crippen LogP contribution is -2.28. The monoisotopic (exact) mass is 254 g/mol. The average molecular weight is 254 g/mol. The number of para-hydroxylation sites is 1. The Morgan fingerprint density at radius 3 is 2.79 bits per heavy atom. The molecule has 0 saturated heterocycles. The second-order valence-electron chi connectivity index (χ2n) is 4.27. The van der Waals surface area contributed by atoms with Crippen molar-refractivity contribution in [1.29, 1.82) is 5.26 Å². The molecule has 1 aromatic rings. The SMILES string of the molecule is N#CC1=C(N)Oc2ccccc2[C@@H]1[C@H]1C=CC(=O)O1. The Morgan fingerprint density at radius 1 is 1.32 bits per heavy atom. The van der Waals surface area contributed by atoms with E-state index in [2.05, 4.69) is 0 Å². The highest BCUT2D eigenvalue weighted by molar-refractivity contribution is 5.84. The molecule has 2 atom stereocenters. The lowest BCUT2D eigenvalue weighted by molar-refractivity contribution is -0.139. The summed E-state index contributed by atoms with van der Waals surface area (Å²) in [6.45, 7) is 0. The number of carbonyl (C=O) groups excluding carboxylic acids is 1. The molecule has 2 N–H and O–H groups in total. The molecule has 0 spiro atoms. The highest BCUT2D eigenvalue weighted by Crippen LogP contribution is 2.41. The zero-order valence-electron chi connectivity index (χ0n) is 9.87. The normalized spacial score (nSPS) is 24.5. The summed E-state index contributed by atoms with van der Waals surface area (Å²) in [5.74, 6) is -0.189. The Morgan fingerprint density at radius 2 is 2.11 bits per heavy atom. The van der Waals surface area contributed by atoms with Gasteiger partial charge in [-0.25, -0.2) is 4.79 Å². The van der Waals surface area contributed by atoms with Crippen LogP contribution in [0.3, 0.4) is 0 Å². The molecule has 0 bridgehead atoms. The van der Waals surface area contributed by atoms with Gasteiger partial charge < -0.3 is 15.2 Å². The molecule has 2 aliphatic rings. The zero-order valence-corrected chi connectivity index (χ0v) is 9.87. The van der Waals surface area contributed by atoms with Gasteiger partial charge in [-0.1, -0.05) is 18.2 Å². The van der Waals surface area contributed by atoms with E-state index in [-0.39, 0.29) is 11.5 Å². The lowest BCUT2D eigenvalue weighted by Gasteiger charge is -2.28. The molecular weight excluding hydrogens is 244 g/mol.